The summed E-state index contributed by atoms with van der Waals surface area (Å²) in [5.74, 6) is 0.829. The molecule has 0 aliphatic rings. The van der Waals surface area contributed by atoms with Crippen LogP contribution < -0.4 is 4.90 Å². The highest BCUT2D eigenvalue weighted by Crippen LogP contribution is 2.17. The predicted octanol–water partition coefficient (Wildman–Crippen LogP) is 1.70. The van der Waals surface area contributed by atoms with Crippen LogP contribution in [0.5, 0.6) is 0 Å². The molecule has 0 aromatic carbocycles. The molecule has 1 heterocycles. The van der Waals surface area contributed by atoms with Crippen LogP contribution in [0.1, 0.15) is 26.5 Å². The normalized spacial score (nSPS) is 11.3. The van der Waals surface area contributed by atoms with E-state index in [1.807, 2.05) is 39.8 Å². The molecule has 0 bridgehead atoms. The quantitative estimate of drug-likeness (QED) is 0.779. The lowest BCUT2D eigenvalue weighted by Gasteiger charge is -2.16. The maximum absolute atomic E-state index is 11.8. The molecule has 0 amide bonds. The third-order valence-corrected chi connectivity index (χ3v) is 2.28. The van der Waals surface area contributed by atoms with E-state index in [0.29, 0.717) is 12.4 Å². The first kappa shape index (κ1) is 12.6. The van der Waals surface area contributed by atoms with Crippen molar-refractivity contribution in [2.24, 2.45) is 5.41 Å². The lowest BCUT2D eigenvalue weighted by molar-refractivity contribution is -0.125. The molecule has 0 atom stereocenters. The first-order valence-corrected chi connectivity index (χ1v) is 5.33. The van der Waals surface area contributed by atoms with Crippen molar-refractivity contribution in [3.05, 3.63) is 18.0 Å². The summed E-state index contributed by atoms with van der Waals surface area (Å²) in [5.41, 5.74) is 0.460. The Balaban J connectivity index is 2.83. The van der Waals surface area contributed by atoms with Gasteiger partial charge in [-0.2, -0.15) is 0 Å². The maximum Gasteiger partial charge on any atom is 0.224 e. The summed E-state index contributed by atoms with van der Waals surface area (Å²) in [5, 5.41) is 0. The minimum absolute atomic E-state index is 0.191. The maximum atomic E-state index is 11.8. The van der Waals surface area contributed by atoms with Crippen LogP contribution in [0.15, 0.2) is 12.3 Å². The summed E-state index contributed by atoms with van der Waals surface area (Å²) in [4.78, 5) is 22.1. The molecule has 1 aromatic heterocycles. The van der Waals surface area contributed by atoms with Gasteiger partial charge >= 0.3 is 0 Å². The average molecular weight is 221 g/mol. The van der Waals surface area contributed by atoms with Gasteiger partial charge in [-0.1, -0.05) is 20.8 Å². The van der Waals surface area contributed by atoms with E-state index in [-0.39, 0.29) is 11.2 Å². The molecule has 0 saturated heterocycles. The van der Waals surface area contributed by atoms with E-state index < -0.39 is 0 Å². The fraction of sp³-hybridized carbons (Fsp3) is 0.583. The lowest BCUT2D eigenvalue weighted by Crippen LogP contribution is -2.23. The predicted molar refractivity (Wildman–Crippen MR) is 64.5 cm³/mol. The van der Waals surface area contributed by atoms with Crippen LogP contribution in [0, 0.1) is 5.41 Å². The molecular formula is C12H19N3O. The van der Waals surface area contributed by atoms with E-state index in [4.69, 9.17) is 0 Å². The van der Waals surface area contributed by atoms with E-state index in [0.717, 1.165) is 5.69 Å². The number of aromatic nitrogens is 2. The Morgan fingerprint density at radius 3 is 2.50 bits per heavy atom. The van der Waals surface area contributed by atoms with E-state index in [1.54, 1.807) is 12.3 Å². The smallest absolute Gasteiger partial charge is 0.224 e. The molecule has 88 valence electrons. The molecule has 1 aromatic rings. The van der Waals surface area contributed by atoms with Crippen molar-refractivity contribution in [3.63, 3.8) is 0 Å². The summed E-state index contributed by atoms with van der Waals surface area (Å²) in [6, 6.07) is 1.79. The molecular weight excluding hydrogens is 202 g/mol. The second kappa shape index (κ2) is 4.60. The number of hydrogen-bond acceptors (Lipinski definition) is 4. The lowest BCUT2D eigenvalue weighted by atomic mass is 9.88. The van der Waals surface area contributed by atoms with Crippen LogP contribution in [0.2, 0.25) is 0 Å². The van der Waals surface area contributed by atoms with Crippen LogP contribution in [-0.4, -0.2) is 29.8 Å². The molecule has 0 fully saturated rings. The average Bonchev–Trinajstić information content (AvgIpc) is 2.16. The largest absolute Gasteiger partial charge is 0.347 e. The number of rotatable bonds is 3. The minimum Gasteiger partial charge on any atom is -0.347 e. The fourth-order valence-corrected chi connectivity index (χ4v) is 1.13. The Kier molecular flexibility index (Phi) is 3.62. The van der Waals surface area contributed by atoms with Crippen LogP contribution in [0.25, 0.3) is 0 Å². The van der Waals surface area contributed by atoms with Gasteiger partial charge in [0.05, 0.1) is 5.69 Å². The van der Waals surface area contributed by atoms with Crippen molar-refractivity contribution in [1.82, 2.24) is 9.97 Å². The molecule has 1 rings (SSSR count). The molecule has 16 heavy (non-hydrogen) atoms. The highest BCUT2D eigenvalue weighted by molar-refractivity contribution is 5.85. The van der Waals surface area contributed by atoms with Gasteiger partial charge in [0.15, 0.2) is 0 Å². The number of ketones is 1. The van der Waals surface area contributed by atoms with Gasteiger partial charge in [0, 0.05) is 32.1 Å². The van der Waals surface area contributed by atoms with E-state index in [1.165, 1.54) is 0 Å². The Morgan fingerprint density at radius 1 is 1.38 bits per heavy atom. The molecule has 0 radical (unpaired) electrons. The van der Waals surface area contributed by atoms with E-state index >= 15 is 0 Å². The van der Waals surface area contributed by atoms with Crippen LogP contribution in [-0.2, 0) is 11.2 Å². The number of anilines is 1. The number of hydrogen-bond donors (Lipinski definition) is 0. The molecule has 0 saturated carbocycles. The second-order valence-electron chi connectivity index (χ2n) is 5.09. The molecule has 0 spiro atoms. The summed E-state index contributed by atoms with van der Waals surface area (Å²) < 4.78 is 0. The van der Waals surface area contributed by atoms with E-state index in [2.05, 4.69) is 9.97 Å². The van der Waals surface area contributed by atoms with Crippen molar-refractivity contribution in [2.45, 2.75) is 27.2 Å². The second-order valence-corrected chi connectivity index (χ2v) is 5.09. The van der Waals surface area contributed by atoms with Crippen LogP contribution in [0.4, 0.5) is 5.95 Å². The highest BCUT2D eigenvalue weighted by atomic mass is 16.1. The third-order valence-electron chi connectivity index (χ3n) is 2.28. The van der Waals surface area contributed by atoms with Crippen molar-refractivity contribution in [3.8, 4) is 0 Å². The standard InChI is InChI=1S/C12H19N3O/c1-12(2,3)10(16)8-9-6-7-13-11(14-9)15(4)5/h6-7H,8H2,1-5H3. The van der Waals surface area contributed by atoms with Gasteiger partial charge in [-0.3, -0.25) is 4.79 Å². The van der Waals surface area contributed by atoms with Gasteiger partial charge in [-0.15, -0.1) is 0 Å². The van der Waals surface area contributed by atoms with E-state index in [9.17, 15) is 4.79 Å². The Bertz CT molecular complexity index is 380. The Labute approximate surface area is 96.7 Å². The molecule has 4 nitrogen and oxygen atoms in total. The minimum atomic E-state index is -0.316. The van der Waals surface area contributed by atoms with Gasteiger partial charge < -0.3 is 4.90 Å². The van der Waals surface area contributed by atoms with Crippen LogP contribution >= 0.6 is 0 Å². The van der Waals surface area contributed by atoms with Gasteiger partial charge in [0.1, 0.15) is 5.78 Å². The number of carbonyl (C=O) groups excluding carboxylic acids is 1. The number of nitrogens with zero attached hydrogens (tertiary/aromatic N) is 3. The fourth-order valence-electron chi connectivity index (χ4n) is 1.13. The molecule has 4 heteroatoms. The zero-order valence-corrected chi connectivity index (χ0v) is 10.6. The summed E-state index contributed by atoms with van der Waals surface area (Å²) in [7, 11) is 3.76. The molecule has 0 aliphatic carbocycles. The molecule has 0 N–H and O–H groups in total. The van der Waals surface area contributed by atoms with Gasteiger partial charge in [-0.05, 0) is 6.07 Å². The van der Waals surface area contributed by atoms with Gasteiger partial charge in [-0.25, -0.2) is 9.97 Å². The SMILES string of the molecule is CN(C)c1nccc(CC(=O)C(C)(C)C)n1. The highest BCUT2D eigenvalue weighted by Gasteiger charge is 2.21. The van der Waals surface area contributed by atoms with Crippen LogP contribution in [0.3, 0.4) is 0 Å². The third kappa shape index (κ3) is 3.29. The number of carbonyl (C=O) groups is 1. The Morgan fingerprint density at radius 2 is 2.00 bits per heavy atom. The Hall–Kier alpha value is -1.45. The van der Waals surface area contributed by atoms with Crippen molar-refractivity contribution in [2.75, 3.05) is 19.0 Å². The van der Waals surface area contributed by atoms with Crippen molar-refractivity contribution < 1.29 is 4.79 Å². The van der Waals surface area contributed by atoms with Gasteiger partial charge in [0.2, 0.25) is 5.95 Å². The monoisotopic (exact) mass is 221 g/mol. The zero-order chi connectivity index (χ0) is 12.3. The number of Topliss-reactive ketones (excluding diaryl/α,β-unsaturated/α-hetero) is 1. The van der Waals surface area contributed by atoms with Crippen molar-refractivity contribution >= 4 is 11.7 Å². The summed E-state index contributed by atoms with van der Waals surface area (Å²) in [6.07, 6.45) is 2.06. The van der Waals surface area contributed by atoms with Gasteiger partial charge in [0.25, 0.3) is 0 Å². The molecule has 0 unspecified atom stereocenters. The summed E-state index contributed by atoms with van der Waals surface area (Å²) in [6.45, 7) is 5.76. The van der Waals surface area contributed by atoms with Crippen molar-refractivity contribution in [1.29, 1.82) is 0 Å². The topological polar surface area (TPSA) is 46.1 Å². The summed E-state index contributed by atoms with van der Waals surface area (Å²) >= 11 is 0. The molecule has 0 aliphatic heterocycles. The zero-order valence-electron chi connectivity index (χ0n) is 10.6. The first-order chi connectivity index (χ1) is 7.30. The first-order valence-electron chi connectivity index (χ1n) is 5.33.